The lowest BCUT2D eigenvalue weighted by molar-refractivity contribution is -0.384. The van der Waals surface area contributed by atoms with Gasteiger partial charge in [0.25, 0.3) is 10.0 Å². The van der Waals surface area contributed by atoms with Crippen LogP contribution in [0.2, 0.25) is 0 Å². The third-order valence-electron chi connectivity index (χ3n) is 3.76. The fourth-order valence-corrected chi connectivity index (χ4v) is 4.03. The Morgan fingerprint density at radius 1 is 1.11 bits per heavy atom. The van der Waals surface area contributed by atoms with Gasteiger partial charge in [0, 0.05) is 22.4 Å². The van der Waals surface area contributed by atoms with E-state index in [1.807, 2.05) is 13.0 Å². The lowest BCUT2D eigenvalue weighted by atomic mass is 10.2. The van der Waals surface area contributed by atoms with Crippen molar-refractivity contribution in [3.63, 3.8) is 0 Å². The standard InChI is InChI=1S/C18H15BrN4O4S/c1-12-7-8-15(19)16(10-12)22-28(26,27)14-5-2-4-13(11-14)21-18-17(23(24)25)6-3-9-20-18/h2-11,22H,1H3,(H,20,21). The molecule has 0 radical (unpaired) electrons. The lowest BCUT2D eigenvalue weighted by Crippen LogP contribution is -2.13. The van der Waals surface area contributed by atoms with E-state index in [4.69, 9.17) is 0 Å². The van der Waals surface area contributed by atoms with Gasteiger partial charge in [-0.05, 0) is 64.8 Å². The number of sulfonamides is 1. The summed E-state index contributed by atoms with van der Waals surface area (Å²) in [7, 11) is -3.87. The smallest absolute Gasteiger partial charge is 0.311 e. The van der Waals surface area contributed by atoms with Crippen molar-refractivity contribution in [3.8, 4) is 0 Å². The van der Waals surface area contributed by atoms with E-state index in [1.165, 1.54) is 36.5 Å². The normalized spacial score (nSPS) is 11.1. The fraction of sp³-hybridized carbons (Fsp3) is 0.0556. The number of aryl methyl sites for hydroxylation is 1. The zero-order valence-corrected chi connectivity index (χ0v) is 17.0. The molecule has 0 aliphatic heterocycles. The second kappa shape index (κ2) is 7.95. The first-order valence-corrected chi connectivity index (χ1v) is 10.3. The Labute approximate surface area is 170 Å². The Kier molecular flexibility index (Phi) is 5.61. The van der Waals surface area contributed by atoms with Gasteiger partial charge in [-0.1, -0.05) is 12.1 Å². The van der Waals surface area contributed by atoms with Crippen LogP contribution in [0.4, 0.5) is 22.9 Å². The molecular formula is C18H15BrN4O4S. The molecule has 144 valence electrons. The highest BCUT2D eigenvalue weighted by molar-refractivity contribution is 9.10. The Bertz CT molecular complexity index is 1150. The SMILES string of the molecule is Cc1ccc(Br)c(NS(=O)(=O)c2cccc(Nc3ncccc3[N+](=O)[O-])c2)c1. The molecule has 0 amide bonds. The summed E-state index contributed by atoms with van der Waals surface area (Å²) in [6, 6.07) is 14.0. The van der Waals surface area contributed by atoms with Gasteiger partial charge in [0.15, 0.2) is 0 Å². The van der Waals surface area contributed by atoms with Gasteiger partial charge in [0.05, 0.1) is 15.5 Å². The van der Waals surface area contributed by atoms with E-state index in [1.54, 1.807) is 18.2 Å². The zero-order valence-electron chi connectivity index (χ0n) is 14.6. The second-order valence-corrected chi connectivity index (χ2v) is 8.41. The van der Waals surface area contributed by atoms with E-state index in [9.17, 15) is 18.5 Å². The number of nitrogens with one attached hydrogen (secondary N) is 2. The average Bonchev–Trinajstić information content (AvgIpc) is 2.65. The molecule has 8 nitrogen and oxygen atoms in total. The number of aromatic nitrogens is 1. The van der Waals surface area contributed by atoms with Gasteiger partial charge >= 0.3 is 5.69 Å². The molecule has 10 heteroatoms. The number of nitrogens with zero attached hydrogens (tertiary/aromatic N) is 2. The minimum atomic E-state index is -3.87. The van der Waals surface area contributed by atoms with Gasteiger partial charge in [-0.2, -0.15) is 0 Å². The third-order valence-corrected chi connectivity index (χ3v) is 5.81. The highest BCUT2D eigenvalue weighted by Crippen LogP contribution is 2.28. The van der Waals surface area contributed by atoms with Gasteiger partial charge in [0.2, 0.25) is 5.82 Å². The monoisotopic (exact) mass is 462 g/mol. The van der Waals surface area contributed by atoms with Gasteiger partial charge in [-0.25, -0.2) is 13.4 Å². The molecule has 3 aromatic rings. The number of nitro groups is 1. The van der Waals surface area contributed by atoms with Crippen LogP contribution in [0.3, 0.4) is 0 Å². The summed E-state index contributed by atoms with van der Waals surface area (Å²) in [6.45, 7) is 1.86. The quantitative estimate of drug-likeness (QED) is 0.408. The Morgan fingerprint density at radius 2 is 1.89 bits per heavy atom. The van der Waals surface area contributed by atoms with Crippen LogP contribution in [0.25, 0.3) is 0 Å². The Morgan fingerprint density at radius 3 is 2.64 bits per heavy atom. The molecule has 0 spiro atoms. The molecule has 1 heterocycles. The molecule has 2 aromatic carbocycles. The van der Waals surface area contributed by atoms with Crippen LogP contribution >= 0.6 is 15.9 Å². The number of hydrogen-bond donors (Lipinski definition) is 2. The maximum atomic E-state index is 12.8. The van der Waals surface area contributed by atoms with Gasteiger partial charge < -0.3 is 5.32 Å². The summed E-state index contributed by atoms with van der Waals surface area (Å²) in [5.41, 5.74) is 1.46. The summed E-state index contributed by atoms with van der Waals surface area (Å²) in [5.74, 6) is 0.0245. The number of rotatable bonds is 6. The molecular weight excluding hydrogens is 448 g/mol. The Hall–Kier alpha value is -2.98. The van der Waals surface area contributed by atoms with E-state index >= 15 is 0 Å². The zero-order chi connectivity index (χ0) is 20.3. The molecule has 0 unspecified atom stereocenters. The number of anilines is 3. The molecule has 28 heavy (non-hydrogen) atoms. The van der Waals surface area contributed by atoms with Crippen molar-refractivity contribution in [3.05, 3.63) is 80.9 Å². The molecule has 0 aliphatic carbocycles. The highest BCUT2D eigenvalue weighted by atomic mass is 79.9. The summed E-state index contributed by atoms with van der Waals surface area (Å²) in [6.07, 6.45) is 1.41. The topological polar surface area (TPSA) is 114 Å². The average molecular weight is 463 g/mol. The van der Waals surface area contributed by atoms with Crippen molar-refractivity contribution >= 4 is 48.8 Å². The Balaban J connectivity index is 1.91. The van der Waals surface area contributed by atoms with E-state index in [0.717, 1.165) is 5.56 Å². The molecule has 0 aliphatic rings. The van der Waals surface area contributed by atoms with Gasteiger partial charge in [0.1, 0.15) is 0 Å². The van der Waals surface area contributed by atoms with Crippen molar-refractivity contribution in [2.45, 2.75) is 11.8 Å². The van der Waals surface area contributed by atoms with Crippen LogP contribution in [0.5, 0.6) is 0 Å². The molecule has 2 N–H and O–H groups in total. The van der Waals surface area contributed by atoms with E-state index in [2.05, 4.69) is 31.0 Å². The lowest BCUT2D eigenvalue weighted by Gasteiger charge is -2.12. The molecule has 3 rings (SSSR count). The van der Waals surface area contributed by atoms with Crippen molar-refractivity contribution in [1.82, 2.24) is 4.98 Å². The maximum absolute atomic E-state index is 12.8. The maximum Gasteiger partial charge on any atom is 0.311 e. The summed E-state index contributed by atoms with van der Waals surface area (Å²) in [5, 5.41) is 13.9. The van der Waals surface area contributed by atoms with Crippen LogP contribution in [-0.2, 0) is 10.0 Å². The predicted octanol–water partition coefficient (Wildman–Crippen LogP) is 4.61. The fourth-order valence-electron chi connectivity index (χ4n) is 2.44. The predicted molar refractivity (Wildman–Crippen MR) is 110 cm³/mol. The molecule has 0 fully saturated rings. The van der Waals surface area contributed by atoms with Crippen LogP contribution in [-0.4, -0.2) is 18.3 Å². The minimum absolute atomic E-state index is 0.00416. The van der Waals surface area contributed by atoms with E-state index in [0.29, 0.717) is 15.8 Å². The van der Waals surface area contributed by atoms with Crippen molar-refractivity contribution in [2.24, 2.45) is 0 Å². The minimum Gasteiger partial charge on any atom is -0.334 e. The summed E-state index contributed by atoms with van der Waals surface area (Å²) < 4.78 is 28.7. The van der Waals surface area contributed by atoms with Crippen molar-refractivity contribution in [2.75, 3.05) is 10.0 Å². The first-order valence-electron chi connectivity index (χ1n) is 8.02. The number of pyridine rings is 1. The van der Waals surface area contributed by atoms with Gasteiger partial charge in [-0.3, -0.25) is 14.8 Å². The first-order chi connectivity index (χ1) is 13.3. The second-order valence-electron chi connectivity index (χ2n) is 5.87. The van der Waals surface area contributed by atoms with E-state index < -0.39 is 14.9 Å². The molecule has 0 atom stereocenters. The van der Waals surface area contributed by atoms with Gasteiger partial charge in [-0.15, -0.1) is 0 Å². The molecule has 1 aromatic heterocycles. The van der Waals surface area contributed by atoms with Crippen LogP contribution in [0, 0.1) is 17.0 Å². The van der Waals surface area contributed by atoms with E-state index in [-0.39, 0.29) is 16.4 Å². The largest absolute Gasteiger partial charge is 0.334 e. The van der Waals surface area contributed by atoms with Crippen LogP contribution < -0.4 is 10.0 Å². The van der Waals surface area contributed by atoms with Crippen LogP contribution in [0.1, 0.15) is 5.56 Å². The number of halogens is 1. The number of hydrogen-bond acceptors (Lipinski definition) is 6. The molecule has 0 saturated carbocycles. The van der Waals surface area contributed by atoms with Crippen LogP contribution in [0.15, 0.2) is 70.2 Å². The first kappa shape index (κ1) is 19.8. The summed E-state index contributed by atoms with van der Waals surface area (Å²) in [4.78, 5) is 14.5. The number of benzene rings is 2. The van der Waals surface area contributed by atoms with Crippen molar-refractivity contribution in [1.29, 1.82) is 0 Å². The highest BCUT2D eigenvalue weighted by Gasteiger charge is 2.18. The molecule has 0 saturated heterocycles. The molecule has 0 bridgehead atoms. The third kappa shape index (κ3) is 4.46. The van der Waals surface area contributed by atoms with Crippen molar-refractivity contribution < 1.29 is 13.3 Å². The summed E-state index contributed by atoms with van der Waals surface area (Å²) >= 11 is 3.32.